The molecule has 0 aliphatic carbocycles. The van der Waals surface area contributed by atoms with E-state index in [0.717, 1.165) is 18.4 Å². The number of sulfone groups is 1. The molecule has 28 heavy (non-hydrogen) atoms. The van der Waals surface area contributed by atoms with Crippen LogP contribution in [-0.2, 0) is 9.84 Å². The first kappa shape index (κ1) is 19.4. The second-order valence-electron chi connectivity index (χ2n) is 8.05. The number of piperidine rings is 1. The predicted molar refractivity (Wildman–Crippen MR) is 104 cm³/mol. The lowest BCUT2D eigenvalue weighted by Crippen LogP contribution is -2.48. The van der Waals surface area contributed by atoms with Crippen molar-refractivity contribution in [3.05, 3.63) is 41.0 Å². The summed E-state index contributed by atoms with van der Waals surface area (Å²) >= 11 is 0. The number of rotatable bonds is 5. The zero-order chi connectivity index (χ0) is 20.1. The Hall–Kier alpha value is -1.93. The van der Waals surface area contributed by atoms with Crippen LogP contribution >= 0.6 is 0 Å². The fourth-order valence-corrected chi connectivity index (χ4v) is 6.62. The van der Waals surface area contributed by atoms with Crippen LogP contribution in [0.3, 0.4) is 0 Å². The van der Waals surface area contributed by atoms with E-state index in [1.807, 2.05) is 13.0 Å². The van der Waals surface area contributed by atoms with Gasteiger partial charge < -0.3 is 4.74 Å². The maximum absolute atomic E-state index is 14.1. The smallest absolute Gasteiger partial charge is 0.195 e. The molecule has 2 bridgehead atoms. The largest absolute Gasteiger partial charge is 0.487 e. The topological polar surface area (TPSA) is 75.3 Å². The van der Waals surface area contributed by atoms with E-state index in [4.69, 9.17) is 4.74 Å². The summed E-state index contributed by atoms with van der Waals surface area (Å²) in [6.07, 6.45) is 3.22. The number of hydrogen-bond acceptors (Lipinski definition) is 5. The molecule has 1 aromatic heterocycles. The van der Waals surface area contributed by atoms with Crippen molar-refractivity contribution in [3.63, 3.8) is 0 Å². The molecule has 2 aliphatic rings. The summed E-state index contributed by atoms with van der Waals surface area (Å²) in [5.41, 5.74) is 1.95. The fraction of sp³-hybridized carbons (Fsp3) is 0.550. The second kappa shape index (κ2) is 7.15. The Morgan fingerprint density at radius 2 is 1.89 bits per heavy atom. The van der Waals surface area contributed by atoms with Gasteiger partial charge >= 0.3 is 0 Å². The Morgan fingerprint density at radius 1 is 1.21 bits per heavy atom. The van der Waals surface area contributed by atoms with Gasteiger partial charge in [0.25, 0.3) is 0 Å². The highest BCUT2D eigenvalue weighted by Gasteiger charge is 2.44. The van der Waals surface area contributed by atoms with E-state index in [-0.39, 0.29) is 35.6 Å². The molecule has 3 atom stereocenters. The molecular formula is C20H26FN3O3S. The van der Waals surface area contributed by atoms with Gasteiger partial charge in [0.1, 0.15) is 16.9 Å². The van der Waals surface area contributed by atoms with Crippen LogP contribution < -0.4 is 4.74 Å². The Balaban J connectivity index is 1.47. The van der Waals surface area contributed by atoms with Gasteiger partial charge in [-0.05, 0) is 64.2 Å². The highest BCUT2D eigenvalue weighted by Crippen LogP contribution is 2.38. The number of H-pyrrole nitrogens is 1. The summed E-state index contributed by atoms with van der Waals surface area (Å²) in [5.74, 6) is -0.0706. The van der Waals surface area contributed by atoms with Crippen LogP contribution in [-0.4, -0.2) is 47.6 Å². The average Bonchev–Trinajstić information content (AvgIpc) is 3.05. The summed E-state index contributed by atoms with van der Waals surface area (Å²) in [6, 6.07) is 5.26. The SMILES string of the molecule is Cc1ccc(OC2C[C@H]3CC[C@@H](C2)N3CS(=O)(=O)c2c(C)n[nH]c2C)c(F)c1. The van der Waals surface area contributed by atoms with Gasteiger partial charge in [0.2, 0.25) is 0 Å². The Labute approximate surface area is 165 Å². The Morgan fingerprint density at radius 3 is 2.46 bits per heavy atom. The third-order valence-corrected chi connectivity index (χ3v) is 7.77. The highest BCUT2D eigenvalue weighted by atomic mass is 32.2. The average molecular weight is 408 g/mol. The molecule has 6 nitrogen and oxygen atoms in total. The fourth-order valence-electron chi connectivity index (χ4n) is 4.67. The third kappa shape index (κ3) is 3.55. The summed E-state index contributed by atoms with van der Waals surface area (Å²) < 4.78 is 46.0. The van der Waals surface area contributed by atoms with Gasteiger partial charge in [0.15, 0.2) is 21.4 Å². The van der Waals surface area contributed by atoms with Gasteiger partial charge in [-0.3, -0.25) is 10.00 Å². The van der Waals surface area contributed by atoms with Crippen LogP contribution in [0.25, 0.3) is 0 Å². The molecule has 1 N–H and O–H groups in total. The number of halogens is 1. The minimum atomic E-state index is -3.46. The van der Waals surface area contributed by atoms with E-state index in [2.05, 4.69) is 15.1 Å². The molecule has 0 radical (unpaired) electrons. The van der Waals surface area contributed by atoms with E-state index in [1.54, 1.807) is 19.9 Å². The number of hydrogen-bond donors (Lipinski definition) is 1. The lowest BCUT2D eigenvalue weighted by Gasteiger charge is -2.38. The molecule has 1 unspecified atom stereocenters. The zero-order valence-corrected chi connectivity index (χ0v) is 17.2. The van der Waals surface area contributed by atoms with Crippen molar-refractivity contribution in [2.75, 3.05) is 5.88 Å². The Kier molecular flexibility index (Phi) is 4.95. The van der Waals surface area contributed by atoms with Crippen molar-refractivity contribution in [1.82, 2.24) is 15.1 Å². The zero-order valence-electron chi connectivity index (χ0n) is 16.4. The van der Waals surface area contributed by atoms with Gasteiger partial charge in [0, 0.05) is 12.1 Å². The number of aromatic amines is 1. The second-order valence-corrected chi connectivity index (χ2v) is 9.95. The molecule has 0 amide bonds. The van der Waals surface area contributed by atoms with Crippen LogP contribution in [0.4, 0.5) is 4.39 Å². The molecule has 8 heteroatoms. The van der Waals surface area contributed by atoms with E-state index < -0.39 is 9.84 Å². The van der Waals surface area contributed by atoms with Gasteiger partial charge in [-0.15, -0.1) is 0 Å². The molecule has 2 fully saturated rings. The first-order valence-electron chi connectivity index (χ1n) is 9.67. The number of aromatic nitrogens is 2. The molecule has 2 saturated heterocycles. The van der Waals surface area contributed by atoms with E-state index in [9.17, 15) is 12.8 Å². The summed E-state index contributed by atoms with van der Waals surface area (Å²) in [6.45, 7) is 5.29. The van der Waals surface area contributed by atoms with Crippen molar-refractivity contribution < 1.29 is 17.5 Å². The molecule has 2 aromatic rings. The standard InChI is InChI=1S/C20H26FN3O3S/c1-12-4-7-19(18(21)8-12)27-17-9-15-5-6-16(10-17)24(15)11-28(25,26)20-13(2)22-23-14(20)3/h4,7-8,15-17H,5-6,9-11H2,1-3H3,(H,22,23)/t15-,16+,17?. The van der Waals surface area contributed by atoms with E-state index >= 15 is 0 Å². The van der Waals surface area contributed by atoms with Crippen molar-refractivity contribution in [3.8, 4) is 5.75 Å². The molecule has 1 aromatic carbocycles. The molecule has 0 spiro atoms. The number of ether oxygens (including phenoxy) is 1. The van der Waals surface area contributed by atoms with Crippen molar-refractivity contribution in [2.45, 2.75) is 69.5 Å². The highest BCUT2D eigenvalue weighted by molar-refractivity contribution is 7.91. The van der Waals surface area contributed by atoms with Crippen molar-refractivity contribution in [1.29, 1.82) is 0 Å². The first-order valence-corrected chi connectivity index (χ1v) is 11.3. The number of nitrogens with one attached hydrogen (secondary N) is 1. The van der Waals surface area contributed by atoms with Gasteiger partial charge in [0.05, 0.1) is 11.4 Å². The molecular weight excluding hydrogens is 381 g/mol. The minimum absolute atomic E-state index is 0.00480. The number of aryl methyl sites for hydroxylation is 3. The van der Waals surface area contributed by atoms with Crippen LogP contribution in [0.2, 0.25) is 0 Å². The predicted octanol–water partition coefficient (Wildman–Crippen LogP) is 3.28. The van der Waals surface area contributed by atoms with Crippen LogP contribution in [0.1, 0.15) is 42.6 Å². The van der Waals surface area contributed by atoms with Crippen LogP contribution in [0.5, 0.6) is 5.75 Å². The van der Waals surface area contributed by atoms with Crippen LogP contribution in [0.15, 0.2) is 23.1 Å². The van der Waals surface area contributed by atoms with Gasteiger partial charge in [-0.1, -0.05) is 6.07 Å². The number of benzene rings is 1. The lowest BCUT2D eigenvalue weighted by atomic mass is 10.0. The van der Waals surface area contributed by atoms with Gasteiger partial charge in [-0.2, -0.15) is 5.10 Å². The minimum Gasteiger partial charge on any atom is -0.487 e. The maximum atomic E-state index is 14.1. The van der Waals surface area contributed by atoms with Crippen LogP contribution in [0, 0.1) is 26.6 Å². The van der Waals surface area contributed by atoms with E-state index in [1.165, 1.54) is 6.07 Å². The lowest BCUT2D eigenvalue weighted by molar-refractivity contribution is 0.0585. The monoisotopic (exact) mass is 407 g/mol. The molecule has 3 heterocycles. The quantitative estimate of drug-likeness (QED) is 0.823. The summed E-state index contributed by atoms with van der Waals surface area (Å²) in [5, 5.41) is 6.78. The molecule has 4 rings (SSSR count). The third-order valence-electron chi connectivity index (χ3n) is 5.91. The van der Waals surface area contributed by atoms with Gasteiger partial charge in [-0.25, -0.2) is 12.8 Å². The molecule has 0 saturated carbocycles. The summed E-state index contributed by atoms with van der Waals surface area (Å²) in [4.78, 5) is 2.40. The normalized spacial score (nSPS) is 25.2. The molecule has 2 aliphatic heterocycles. The first-order chi connectivity index (χ1) is 13.2. The molecule has 152 valence electrons. The Bertz CT molecular complexity index is 955. The maximum Gasteiger partial charge on any atom is 0.195 e. The van der Waals surface area contributed by atoms with Crippen molar-refractivity contribution >= 4 is 9.84 Å². The number of nitrogens with zero attached hydrogens (tertiary/aromatic N) is 2. The van der Waals surface area contributed by atoms with Crippen molar-refractivity contribution in [2.24, 2.45) is 0 Å². The van der Waals surface area contributed by atoms with E-state index in [0.29, 0.717) is 29.1 Å². The summed E-state index contributed by atoms with van der Waals surface area (Å²) in [7, 11) is -3.46. The number of fused-ring (bicyclic) bond motifs is 2.